The topological polar surface area (TPSA) is 41.6 Å². The van der Waals surface area contributed by atoms with E-state index in [2.05, 4.69) is 29.6 Å². The molecule has 2 bridgehead atoms. The molecule has 2 aromatic rings. The van der Waals surface area contributed by atoms with Gasteiger partial charge in [-0.25, -0.2) is 0 Å². The van der Waals surface area contributed by atoms with Gasteiger partial charge in [0.2, 0.25) is 5.91 Å². The number of fused-ring (bicyclic) bond motifs is 3. The number of nitrogens with one attached hydrogen (secondary N) is 1. The minimum atomic E-state index is -0.126. The van der Waals surface area contributed by atoms with Crippen LogP contribution in [-0.4, -0.2) is 43.1 Å². The van der Waals surface area contributed by atoms with Crippen molar-refractivity contribution >= 4 is 29.1 Å². The maximum absolute atomic E-state index is 13.1. The van der Waals surface area contributed by atoms with Crippen molar-refractivity contribution in [2.45, 2.75) is 56.7 Å². The van der Waals surface area contributed by atoms with Crippen molar-refractivity contribution in [2.24, 2.45) is 0 Å². The van der Waals surface area contributed by atoms with E-state index in [-0.39, 0.29) is 24.2 Å². The Balaban J connectivity index is 0.00000210. The van der Waals surface area contributed by atoms with Gasteiger partial charge in [0.25, 0.3) is 0 Å². The Morgan fingerprint density at radius 2 is 1.74 bits per heavy atom. The quantitative estimate of drug-likeness (QED) is 0.856. The zero-order valence-electron chi connectivity index (χ0n) is 16.3. The number of carbonyl (C=O) groups excluding carboxylic acids is 1. The van der Waals surface area contributed by atoms with Crippen LogP contribution in [0.2, 0.25) is 0 Å². The molecule has 0 radical (unpaired) electrons. The van der Waals surface area contributed by atoms with Crippen LogP contribution in [0.4, 0.5) is 0 Å². The molecular formula is C22H29ClN2O2. The molecule has 2 heterocycles. The van der Waals surface area contributed by atoms with E-state index in [1.165, 1.54) is 12.8 Å². The normalized spacial score (nSPS) is 24.9. The first kappa shape index (κ1) is 20.0. The van der Waals surface area contributed by atoms with Gasteiger partial charge in [0.1, 0.15) is 5.75 Å². The van der Waals surface area contributed by atoms with Gasteiger partial charge in [0.05, 0.1) is 13.0 Å². The largest absolute Gasteiger partial charge is 0.497 e. The Bertz CT molecular complexity index is 813. The van der Waals surface area contributed by atoms with Crippen molar-refractivity contribution in [3.05, 3.63) is 42.0 Å². The van der Waals surface area contributed by atoms with Gasteiger partial charge in [0.15, 0.2) is 0 Å². The van der Waals surface area contributed by atoms with Crippen LogP contribution < -0.4 is 10.1 Å². The SMILES string of the molecule is COc1ccc2cc(C(C)C(=O)N(C)C3CC4CCC(C3)N4)ccc2c1.Cl. The smallest absolute Gasteiger partial charge is 0.229 e. The second-order valence-electron chi connectivity index (χ2n) is 7.91. The number of methoxy groups -OCH3 is 1. The number of rotatable bonds is 4. The Morgan fingerprint density at radius 3 is 2.41 bits per heavy atom. The van der Waals surface area contributed by atoms with E-state index in [1.807, 2.05) is 31.0 Å². The third-order valence-corrected chi connectivity index (χ3v) is 6.29. The van der Waals surface area contributed by atoms with Gasteiger partial charge in [-0.1, -0.05) is 24.3 Å². The molecule has 1 amide bonds. The third kappa shape index (κ3) is 3.92. The van der Waals surface area contributed by atoms with E-state index < -0.39 is 0 Å². The molecule has 27 heavy (non-hydrogen) atoms. The number of amides is 1. The maximum Gasteiger partial charge on any atom is 0.229 e. The van der Waals surface area contributed by atoms with Crippen molar-refractivity contribution in [3.63, 3.8) is 0 Å². The highest BCUT2D eigenvalue weighted by Gasteiger charge is 2.37. The Kier molecular flexibility index (Phi) is 5.97. The maximum atomic E-state index is 13.1. The van der Waals surface area contributed by atoms with E-state index in [0.29, 0.717) is 18.1 Å². The van der Waals surface area contributed by atoms with Gasteiger partial charge < -0.3 is 15.0 Å². The summed E-state index contributed by atoms with van der Waals surface area (Å²) in [5.74, 6) is 0.956. The summed E-state index contributed by atoms with van der Waals surface area (Å²) in [5.41, 5.74) is 1.08. The first-order valence-electron chi connectivity index (χ1n) is 9.65. The Morgan fingerprint density at radius 1 is 1.11 bits per heavy atom. The molecule has 2 aliphatic heterocycles. The number of nitrogens with zero attached hydrogens (tertiary/aromatic N) is 1. The Hall–Kier alpha value is -1.78. The summed E-state index contributed by atoms with van der Waals surface area (Å²) >= 11 is 0. The average Bonchev–Trinajstić information content (AvgIpc) is 3.02. The highest BCUT2D eigenvalue weighted by molar-refractivity contribution is 5.88. The van der Waals surface area contributed by atoms with Gasteiger partial charge in [0, 0.05) is 25.2 Å². The lowest BCUT2D eigenvalue weighted by atomic mass is 9.93. The average molecular weight is 389 g/mol. The molecule has 146 valence electrons. The van der Waals surface area contributed by atoms with Gasteiger partial charge in [-0.3, -0.25) is 4.79 Å². The van der Waals surface area contributed by atoms with Crippen molar-refractivity contribution in [2.75, 3.05) is 14.2 Å². The number of halogens is 1. The molecule has 0 aliphatic carbocycles. The summed E-state index contributed by atoms with van der Waals surface area (Å²) in [7, 11) is 3.67. The summed E-state index contributed by atoms with van der Waals surface area (Å²) in [4.78, 5) is 15.1. The van der Waals surface area contributed by atoms with Gasteiger partial charge >= 0.3 is 0 Å². The summed E-state index contributed by atoms with van der Waals surface area (Å²) in [6, 6.07) is 13.9. The van der Waals surface area contributed by atoms with Crippen LogP contribution in [0.25, 0.3) is 10.8 Å². The van der Waals surface area contributed by atoms with Gasteiger partial charge in [-0.05, 0) is 61.1 Å². The number of piperidine rings is 1. The van der Waals surface area contributed by atoms with Crippen LogP contribution in [-0.2, 0) is 4.79 Å². The van der Waals surface area contributed by atoms with Crippen molar-refractivity contribution in [1.29, 1.82) is 0 Å². The first-order valence-corrected chi connectivity index (χ1v) is 9.65. The molecule has 2 saturated heterocycles. The van der Waals surface area contributed by atoms with Gasteiger partial charge in [-0.2, -0.15) is 0 Å². The zero-order chi connectivity index (χ0) is 18.3. The van der Waals surface area contributed by atoms with Crippen LogP contribution in [0.15, 0.2) is 36.4 Å². The minimum Gasteiger partial charge on any atom is -0.497 e. The van der Waals surface area contributed by atoms with E-state index >= 15 is 0 Å². The fraction of sp³-hybridized carbons (Fsp3) is 0.500. The Labute approximate surface area is 167 Å². The molecule has 0 spiro atoms. The lowest BCUT2D eigenvalue weighted by Gasteiger charge is -2.36. The predicted molar refractivity (Wildman–Crippen MR) is 112 cm³/mol. The number of likely N-dealkylation sites (N-methyl/N-ethyl adjacent to an activating group) is 1. The van der Waals surface area contributed by atoms with Crippen molar-refractivity contribution < 1.29 is 9.53 Å². The number of benzene rings is 2. The molecule has 4 nitrogen and oxygen atoms in total. The highest BCUT2D eigenvalue weighted by Crippen LogP contribution is 2.31. The van der Waals surface area contributed by atoms with E-state index in [1.54, 1.807) is 7.11 Å². The van der Waals surface area contributed by atoms with Crippen LogP contribution in [0.5, 0.6) is 5.75 Å². The standard InChI is InChI=1S/C22H28N2O2.ClH/c1-14(15-4-5-17-11-21(26-3)9-6-16(17)10-15)22(25)24(2)20-12-18-7-8-19(13-20)23-18;/h4-6,9-11,14,18-20,23H,7-8,12-13H2,1-3H3;1H. The first-order chi connectivity index (χ1) is 12.5. The third-order valence-electron chi connectivity index (χ3n) is 6.29. The summed E-state index contributed by atoms with van der Waals surface area (Å²) < 4.78 is 5.29. The molecule has 5 heteroatoms. The fourth-order valence-electron chi connectivity index (χ4n) is 4.61. The monoisotopic (exact) mass is 388 g/mol. The molecule has 2 aliphatic rings. The molecule has 2 aromatic carbocycles. The number of ether oxygens (including phenoxy) is 1. The van der Waals surface area contributed by atoms with Gasteiger partial charge in [-0.15, -0.1) is 12.4 Å². The zero-order valence-corrected chi connectivity index (χ0v) is 17.1. The fourth-order valence-corrected chi connectivity index (χ4v) is 4.61. The van der Waals surface area contributed by atoms with Crippen LogP contribution in [0.3, 0.4) is 0 Å². The lowest BCUT2D eigenvalue weighted by molar-refractivity contribution is -0.133. The molecule has 1 N–H and O–H groups in total. The van der Waals surface area contributed by atoms with Crippen LogP contribution in [0.1, 0.15) is 44.1 Å². The summed E-state index contributed by atoms with van der Waals surface area (Å²) in [6.07, 6.45) is 4.69. The van der Waals surface area contributed by atoms with Crippen molar-refractivity contribution in [1.82, 2.24) is 10.2 Å². The van der Waals surface area contributed by atoms with Crippen LogP contribution in [0, 0.1) is 0 Å². The number of carbonyl (C=O) groups is 1. The molecule has 3 unspecified atom stereocenters. The second kappa shape index (κ2) is 8.07. The molecule has 4 rings (SSSR count). The highest BCUT2D eigenvalue weighted by atomic mass is 35.5. The van der Waals surface area contributed by atoms with Crippen molar-refractivity contribution in [3.8, 4) is 5.75 Å². The molecule has 0 saturated carbocycles. The van der Waals surface area contributed by atoms with E-state index in [0.717, 1.165) is 34.9 Å². The number of hydrogen-bond donors (Lipinski definition) is 1. The number of hydrogen-bond acceptors (Lipinski definition) is 3. The predicted octanol–water partition coefficient (Wildman–Crippen LogP) is 4.12. The van der Waals surface area contributed by atoms with E-state index in [4.69, 9.17) is 4.74 Å². The molecule has 0 aromatic heterocycles. The second-order valence-corrected chi connectivity index (χ2v) is 7.91. The molecular weight excluding hydrogens is 360 g/mol. The summed E-state index contributed by atoms with van der Waals surface area (Å²) in [6.45, 7) is 2.03. The molecule has 2 fully saturated rings. The lowest BCUT2D eigenvalue weighted by Crippen LogP contribution is -2.49. The van der Waals surface area contributed by atoms with E-state index in [9.17, 15) is 4.79 Å². The minimum absolute atomic E-state index is 0. The molecule has 3 atom stereocenters. The van der Waals surface area contributed by atoms with Crippen LogP contribution >= 0.6 is 12.4 Å². The summed E-state index contributed by atoms with van der Waals surface area (Å²) in [5, 5.41) is 5.94.